The molecule has 5 N–H and O–H groups in total. The van der Waals surface area contributed by atoms with Crippen molar-refractivity contribution in [3.05, 3.63) is 356 Å². The monoisotopic (exact) mass is 2210 g/mol. The van der Waals surface area contributed by atoms with Gasteiger partial charge in [0.05, 0.1) is 63.2 Å². The number of benzene rings is 16. The summed E-state index contributed by atoms with van der Waals surface area (Å²) in [6.07, 6.45) is 0. The van der Waals surface area contributed by atoms with Gasteiger partial charge in [-0.3, -0.25) is 22.8 Å². The van der Waals surface area contributed by atoms with E-state index >= 15 is 33.7 Å². The Morgan fingerprint density at radius 1 is 0.270 bits per heavy atom. The summed E-state index contributed by atoms with van der Waals surface area (Å²) in [4.78, 5) is -11.8. The largest absolute Gasteiger partial charge is 0.495 e. The van der Waals surface area contributed by atoms with Gasteiger partial charge in [-0.05, 0) is 282 Å². The molecule has 0 aromatic heterocycles. The average molecular weight is 2210 g/mol. The number of sulfone groups is 6. The third-order valence-electron chi connectivity index (χ3n) is 23.3. The first-order chi connectivity index (χ1) is 69.7. The maximum atomic E-state index is 16.5. The zero-order chi connectivity index (χ0) is 106. The third kappa shape index (κ3) is 21.7. The second-order valence-corrected chi connectivity index (χ2v) is 51.5. The van der Waals surface area contributed by atoms with Crippen LogP contribution in [0, 0.1) is 13.8 Å². The van der Waals surface area contributed by atoms with Crippen molar-refractivity contribution in [2.75, 3.05) is 14.2 Å². The molecule has 4 aliphatic heterocycles. The molecule has 16 aromatic carbocycles. The van der Waals surface area contributed by atoms with Crippen molar-refractivity contribution >= 4 is 110 Å². The number of methoxy groups -OCH3 is 2. The zero-order valence-electron chi connectivity index (χ0n) is 76.6. The summed E-state index contributed by atoms with van der Waals surface area (Å²) in [7, 11) is -53.2. The van der Waals surface area contributed by atoms with E-state index in [9.17, 15) is 81.7 Å². The van der Waals surface area contributed by atoms with Crippen LogP contribution in [0.2, 0.25) is 0 Å². The van der Waals surface area contributed by atoms with Crippen molar-refractivity contribution < 1.29 is 153 Å². The summed E-state index contributed by atoms with van der Waals surface area (Å²) in [6.45, 7) is 1.80. The lowest BCUT2D eigenvalue weighted by Gasteiger charge is -2.19. The molecule has 35 nitrogen and oxygen atoms in total. The predicted octanol–water partition coefficient (Wildman–Crippen LogP) is 18.9. The molecule has 46 heteroatoms. The smallest absolute Gasteiger partial charge is 0.298 e. The molecule has 0 amide bonds. The van der Waals surface area contributed by atoms with E-state index in [-0.39, 0.29) is 94.5 Å². The molecule has 0 radical (unpaired) electrons. The highest BCUT2D eigenvalue weighted by atomic mass is 32.2. The number of ether oxygens (including phenoxy) is 8. The minimum absolute atomic E-state index is 0.00902. The van der Waals surface area contributed by atoms with Gasteiger partial charge in [-0.15, -0.1) is 0 Å². The highest BCUT2D eigenvalue weighted by molar-refractivity contribution is 7.95. The molecule has 0 fully saturated rings. The summed E-state index contributed by atoms with van der Waals surface area (Å²) < 4.78 is 412. The van der Waals surface area contributed by atoms with Crippen molar-refractivity contribution in [1.29, 1.82) is 0 Å². The summed E-state index contributed by atoms with van der Waals surface area (Å²) in [5, 5.41) is 0. The Kier molecular flexibility index (Phi) is 28.1. The first kappa shape index (κ1) is 105. The Hall–Kier alpha value is -14.8. The van der Waals surface area contributed by atoms with Crippen LogP contribution in [-0.2, 0) is 123 Å². The maximum absolute atomic E-state index is 16.5. The van der Waals surface area contributed by atoms with Gasteiger partial charge < -0.3 is 37.9 Å². The van der Waals surface area contributed by atoms with Gasteiger partial charge >= 0.3 is 0 Å². The Labute approximate surface area is 849 Å². The second-order valence-electron chi connectivity index (χ2n) is 33.0. The first-order valence-electron chi connectivity index (χ1n) is 43.0. The number of hydrogen-bond acceptors (Lipinski definition) is 30. The number of aryl methyl sites for hydroxylation is 2. The van der Waals surface area contributed by atoms with Crippen LogP contribution in [0.5, 0.6) is 69.0 Å². The molecule has 4 aliphatic rings. The lowest BCUT2D eigenvalue weighted by molar-refractivity contribution is 0.292. The molecule has 0 aliphatic carbocycles. The van der Waals surface area contributed by atoms with E-state index in [0.29, 0.717) is 17.7 Å². The van der Waals surface area contributed by atoms with Gasteiger partial charge in [-0.1, -0.05) is 120 Å². The normalized spacial score (nSPS) is 14.1. The van der Waals surface area contributed by atoms with Crippen LogP contribution in [0.15, 0.2) is 417 Å². The van der Waals surface area contributed by atoms with E-state index in [1.807, 2.05) is 0 Å². The van der Waals surface area contributed by atoms with Crippen LogP contribution < -0.4 is 37.9 Å². The lowest BCUT2D eigenvalue weighted by atomic mass is 10.1. The molecule has 0 saturated carbocycles. The fraction of sp³-hybridized carbons (Fsp3) is 0.0588. The molecule has 760 valence electrons. The lowest BCUT2D eigenvalue weighted by Crippen LogP contribution is -2.13. The molecule has 6 bridgehead atoms. The molecular weight excluding hydrogens is 2140 g/mol. The topological polar surface area (TPSA) is 551 Å². The SMILES string of the molecule is COc1ccc(-c2ccc(Oc3ccc4c(c3)S(=O)(=O)c3cc(-c5ccc(OC)c(S(=O)(=O)O)c5)ccc3Oc3ccc(cc3)S(=O)(=O)c3ccc(COc5ccc(-c6ccc(Oc7ccc(S(=O)(=O)c8ccc(C)cc8)cc7S(=O)(=O)O)cc6)cc5S(=O)(=O)O)c(c3)S(=O)(=O)c3cc(-c5ccc(Oc6ccc(S(=O)(=O)c7ccc(C)cc7)cc6S(=O)(=O)O)cc5)ccc3OCc3ccc(cc3)S4(=O)=O)cc2)cc1S(=O)(=O)O. The van der Waals surface area contributed by atoms with Crippen molar-refractivity contribution in [2.45, 2.75) is 110 Å². The van der Waals surface area contributed by atoms with E-state index in [0.717, 1.165) is 164 Å². The van der Waals surface area contributed by atoms with Gasteiger partial charge in [-0.25, -0.2) is 50.5 Å². The molecule has 4 heterocycles. The molecule has 148 heavy (non-hydrogen) atoms. The molecule has 16 aromatic rings. The van der Waals surface area contributed by atoms with E-state index in [2.05, 4.69) is 0 Å². The first-order valence-corrected chi connectivity index (χ1v) is 59.1. The highest BCUT2D eigenvalue weighted by Crippen LogP contribution is 2.47. The van der Waals surface area contributed by atoms with E-state index in [1.54, 1.807) is 13.8 Å². The Bertz CT molecular complexity index is 9500. The van der Waals surface area contributed by atoms with Gasteiger partial charge in [0.15, 0.2) is 0 Å². The van der Waals surface area contributed by atoms with E-state index in [4.69, 9.17) is 37.9 Å². The zero-order valence-corrected chi connectivity index (χ0v) is 85.6. The quantitative estimate of drug-likeness (QED) is 0.0351. The predicted molar refractivity (Wildman–Crippen MR) is 532 cm³/mol. The summed E-state index contributed by atoms with van der Waals surface area (Å²) in [5.74, 6) is -4.19. The van der Waals surface area contributed by atoms with Crippen molar-refractivity contribution in [3.8, 4) is 114 Å². The van der Waals surface area contributed by atoms with Gasteiger partial charge in [0.1, 0.15) is 116 Å². The highest BCUT2D eigenvalue weighted by Gasteiger charge is 2.37. The molecule has 20 rings (SSSR count). The Morgan fingerprint density at radius 3 is 1.07 bits per heavy atom. The summed E-state index contributed by atoms with van der Waals surface area (Å²) in [5.41, 5.74) is 2.03. The minimum atomic E-state index is -5.46. The molecule has 0 saturated heterocycles. The third-order valence-corrected chi connectivity index (χ3v) is 38.6. The van der Waals surface area contributed by atoms with E-state index < -0.39 is 231 Å². The van der Waals surface area contributed by atoms with Crippen LogP contribution in [0.4, 0.5) is 0 Å². The van der Waals surface area contributed by atoms with Gasteiger partial charge in [0.25, 0.3) is 50.6 Å². The molecule has 0 spiro atoms. The number of rotatable bonds is 24. The fourth-order valence-electron chi connectivity index (χ4n) is 15.7. The van der Waals surface area contributed by atoms with Crippen LogP contribution in [0.25, 0.3) is 44.5 Å². The van der Waals surface area contributed by atoms with Crippen molar-refractivity contribution in [2.24, 2.45) is 0 Å². The second kappa shape index (κ2) is 39.8. The van der Waals surface area contributed by atoms with E-state index in [1.165, 1.54) is 183 Å². The fourth-order valence-corrected chi connectivity index (χ4v) is 28.2. The standard InChI is InChI=1S/C102H76O35S11/c1-62-5-32-79(33-6-62)138(103,104)84-41-48-91(100(58-84)147(124,125)126)136-75-25-13-65(14-26-75)68-20-45-88-95(51-68)142(111,112)94-57-83(38-17-73(94)61-133-89-46-21-70(54-99(89)146(121,122)123)67-15-27-76(28-16-67)137-92-49-42-85(59-101(92)148(127,128)129)139(105,106)80-34-7-63(2)8-35-80)140(107,108)81-39-29-77(30-40-81)135-90-47-22-71(72-19-44-87(131-4)98(55-72)145(118,119)120)52-96(90)143(113,114)102-56-78(31-50-93(102)141(109,110)82-36-9-64(10-37-82)60-132-88)134-74-23-11-66(12-24-74)69-18-43-86(130-3)97(53-69)144(115,116)117/h5-59H,60-61H2,1-4H3,(H,115,116,117)(H,118,119,120)(H,121,122,123)(H,124,125,126)(H,127,128,129). The minimum Gasteiger partial charge on any atom is -0.495 e. The molecular formula is C102H76O35S11. The summed E-state index contributed by atoms with van der Waals surface area (Å²) >= 11 is 0. The van der Waals surface area contributed by atoms with Crippen LogP contribution >= 0.6 is 0 Å². The summed E-state index contributed by atoms with van der Waals surface area (Å²) in [6, 6.07) is 65.2. The van der Waals surface area contributed by atoms with Crippen LogP contribution in [0.3, 0.4) is 0 Å². The van der Waals surface area contributed by atoms with Crippen LogP contribution in [-0.4, -0.2) is 130 Å². The van der Waals surface area contributed by atoms with Crippen molar-refractivity contribution in [1.82, 2.24) is 0 Å². The van der Waals surface area contributed by atoms with Crippen LogP contribution in [0.1, 0.15) is 22.3 Å². The van der Waals surface area contributed by atoms with Gasteiger partial charge in [0, 0.05) is 11.6 Å². The van der Waals surface area contributed by atoms with Gasteiger partial charge in [0.2, 0.25) is 59.0 Å². The number of hydrogen-bond donors (Lipinski definition) is 5. The molecule has 0 unspecified atom stereocenters. The van der Waals surface area contributed by atoms with Gasteiger partial charge in [-0.2, -0.15) is 42.1 Å². The van der Waals surface area contributed by atoms with Crippen molar-refractivity contribution in [3.63, 3.8) is 0 Å². The Balaban J connectivity index is 0.770. The molecule has 0 atom stereocenters. The average Bonchev–Trinajstić information content (AvgIpc) is 0.739. The maximum Gasteiger partial charge on any atom is 0.298 e. The Morgan fingerprint density at radius 2 is 0.615 bits per heavy atom.